The lowest BCUT2D eigenvalue weighted by molar-refractivity contribution is -0.121. The molecule has 22 heavy (non-hydrogen) atoms. The van der Waals surface area contributed by atoms with Crippen LogP contribution >= 0.6 is 11.8 Å². The molecule has 1 N–H and O–H groups in total. The molecule has 0 radical (unpaired) electrons. The molecule has 2 heterocycles. The SMILES string of the molecule is CC(C)[C@@H](C#N)NC(=O)C1CC2Cc3ccccc3N=C2S1. The van der Waals surface area contributed by atoms with Crippen LogP contribution in [0.3, 0.4) is 0 Å². The maximum atomic E-state index is 12.4. The van der Waals surface area contributed by atoms with Crippen LogP contribution in [0.2, 0.25) is 0 Å². The zero-order valence-corrected chi connectivity index (χ0v) is 13.6. The quantitative estimate of drug-likeness (QED) is 0.932. The van der Waals surface area contributed by atoms with E-state index in [1.54, 1.807) is 11.8 Å². The zero-order chi connectivity index (χ0) is 15.7. The number of nitriles is 1. The fourth-order valence-electron chi connectivity index (χ4n) is 2.87. The van der Waals surface area contributed by atoms with Gasteiger partial charge in [-0.25, -0.2) is 4.99 Å². The lowest BCUT2D eigenvalue weighted by Crippen LogP contribution is -2.41. The summed E-state index contributed by atoms with van der Waals surface area (Å²) in [6.45, 7) is 3.88. The molecule has 1 saturated heterocycles. The molecule has 1 amide bonds. The van der Waals surface area contributed by atoms with Gasteiger partial charge >= 0.3 is 0 Å². The van der Waals surface area contributed by atoms with E-state index < -0.39 is 6.04 Å². The van der Waals surface area contributed by atoms with Crippen molar-refractivity contribution in [3.05, 3.63) is 29.8 Å². The second kappa shape index (κ2) is 6.13. The van der Waals surface area contributed by atoms with Gasteiger partial charge in [-0.1, -0.05) is 43.8 Å². The number of fused-ring (bicyclic) bond motifs is 2. The number of para-hydroxylation sites is 1. The maximum absolute atomic E-state index is 12.4. The molecule has 4 nitrogen and oxygen atoms in total. The smallest absolute Gasteiger partial charge is 0.234 e. The summed E-state index contributed by atoms with van der Waals surface area (Å²) in [5, 5.41) is 12.9. The lowest BCUT2D eigenvalue weighted by atomic mass is 9.92. The van der Waals surface area contributed by atoms with Crippen molar-refractivity contribution in [2.24, 2.45) is 16.8 Å². The van der Waals surface area contributed by atoms with Crippen molar-refractivity contribution in [2.45, 2.75) is 38.0 Å². The summed E-state index contributed by atoms with van der Waals surface area (Å²) in [6.07, 6.45) is 1.76. The van der Waals surface area contributed by atoms with Crippen LogP contribution < -0.4 is 5.32 Å². The van der Waals surface area contributed by atoms with Crippen LogP contribution in [0.4, 0.5) is 5.69 Å². The third-order valence-electron chi connectivity index (χ3n) is 4.20. The van der Waals surface area contributed by atoms with Gasteiger partial charge in [0.15, 0.2) is 0 Å². The van der Waals surface area contributed by atoms with Gasteiger partial charge in [-0.05, 0) is 30.4 Å². The van der Waals surface area contributed by atoms with Gasteiger partial charge in [-0.2, -0.15) is 5.26 Å². The minimum Gasteiger partial charge on any atom is -0.339 e. The van der Waals surface area contributed by atoms with Crippen LogP contribution in [-0.2, 0) is 11.2 Å². The fourth-order valence-corrected chi connectivity index (χ4v) is 4.19. The molecule has 1 aromatic rings. The second-order valence-corrected chi connectivity index (χ2v) is 7.40. The summed E-state index contributed by atoms with van der Waals surface area (Å²) >= 11 is 1.56. The monoisotopic (exact) mass is 313 g/mol. The Morgan fingerprint density at radius 2 is 2.23 bits per heavy atom. The molecule has 114 valence electrons. The van der Waals surface area contributed by atoms with Crippen molar-refractivity contribution in [1.82, 2.24) is 5.32 Å². The van der Waals surface area contributed by atoms with Gasteiger partial charge in [0.2, 0.25) is 5.91 Å². The third kappa shape index (κ3) is 2.89. The first kappa shape index (κ1) is 15.1. The van der Waals surface area contributed by atoms with Crippen molar-refractivity contribution >= 4 is 28.4 Å². The number of benzene rings is 1. The van der Waals surface area contributed by atoms with Crippen LogP contribution in [-0.4, -0.2) is 22.2 Å². The summed E-state index contributed by atoms with van der Waals surface area (Å²) in [6, 6.07) is 9.90. The average molecular weight is 313 g/mol. The molecule has 0 aromatic heterocycles. The number of rotatable bonds is 3. The van der Waals surface area contributed by atoms with Crippen molar-refractivity contribution in [3.63, 3.8) is 0 Å². The molecule has 2 aliphatic rings. The Bertz CT molecular complexity index is 662. The predicted octanol–water partition coefficient (Wildman–Crippen LogP) is 3.06. The maximum Gasteiger partial charge on any atom is 0.234 e. The Hall–Kier alpha value is -1.80. The highest BCUT2D eigenvalue weighted by molar-refractivity contribution is 8.15. The molecule has 1 aromatic carbocycles. The van der Waals surface area contributed by atoms with Crippen molar-refractivity contribution in [1.29, 1.82) is 5.26 Å². The topological polar surface area (TPSA) is 65.2 Å². The fraction of sp³-hybridized carbons (Fsp3) is 0.471. The van der Waals surface area contributed by atoms with E-state index >= 15 is 0 Å². The third-order valence-corrected chi connectivity index (χ3v) is 5.55. The van der Waals surface area contributed by atoms with Gasteiger partial charge in [0.05, 0.1) is 22.1 Å². The van der Waals surface area contributed by atoms with Gasteiger partial charge in [0.1, 0.15) is 6.04 Å². The Kier molecular flexibility index (Phi) is 4.21. The first-order valence-corrected chi connectivity index (χ1v) is 8.49. The largest absolute Gasteiger partial charge is 0.339 e. The van der Waals surface area contributed by atoms with E-state index in [1.807, 2.05) is 32.0 Å². The molecular formula is C17H19N3OS. The Morgan fingerprint density at radius 3 is 2.95 bits per heavy atom. The number of aliphatic imine (C=N–C) groups is 1. The molecule has 0 aliphatic carbocycles. The van der Waals surface area contributed by atoms with Crippen molar-refractivity contribution in [2.75, 3.05) is 0 Å². The Labute approximate surface area is 135 Å². The van der Waals surface area contributed by atoms with Gasteiger partial charge in [0, 0.05) is 5.92 Å². The van der Waals surface area contributed by atoms with Crippen molar-refractivity contribution < 1.29 is 4.79 Å². The van der Waals surface area contributed by atoms with Crippen LogP contribution in [0, 0.1) is 23.2 Å². The van der Waals surface area contributed by atoms with Gasteiger partial charge < -0.3 is 5.32 Å². The number of carbonyl (C=O) groups is 1. The van der Waals surface area contributed by atoms with E-state index in [-0.39, 0.29) is 17.1 Å². The Balaban J connectivity index is 1.70. The van der Waals surface area contributed by atoms with Gasteiger partial charge in [0.25, 0.3) is 0 Å². The molecule has 5 heteroatoms. The minimum atomic E-state index is -0.421. The summed E-state index contributed by atoms with van der Waals surface area (Å²) < 4.78 is 0. The summed E-state index contributed by atoms with van der Waals surface area (Å²) in [5.74, 6) is 0.422. The minimum absolute atomic E-state index is 0.0357. The number of carbonyl (C=O) groups excluding carboxylic acids is 1. The van der Waals surface area contributed by atoms with E-state index in [2.05, 4.69) is 17.5 Å². The van der Waals surface area contributed by atoms with E-state index in [4.69, 9.17) is 10.3 Å². The molecular weight excluding hydrogens is 294 g/mol. The first-order valence-electron chi connectivity index (χ1n) is 7.61. The van der Waals surface area contributed by atoms with Crippen LogP contribution in [0.15, 0.2) is 29.3 Å². The molecule has 3 atom stereocenters. The van der Waals surface area contributed by atoms with E-state index in [9.17, 15) is 4.79 Å². The number of hydrogen-bond donors (Lipinski definition) is 1. The standard InChI is InChI=1S/C17H19N3OS/c1-10(2)14(9-18)19-16(21)15-8-12-7-11-5-3-4-6-13(11)20-17(12)22-15/h3-6,10,12,14-15H,7-8H2,1-2H3,(H,19,21)/t12?,14-,15?/m1/s1. The lowest BCUT2D eigenvalue weighted by Gasteiger charge is -2.18. The number of nitrogens with zero attached hydrogens (tertiary/aromatic N) is 2. The van der Waals surface area contributed by atoms with Crippen LogP contribution in [0.25, 0.3) is 0 Å². The number of amides is 1. The summed E-state index contributed by atoms with van der Waals surface area (Å²) in [7, 11) is 0. The van der Waals surface area contributed by atoms with E-state index in [0.717, 1.165) is 23.6 Å². The zero-order valence-electron chi connectivity index (χ0n) is 12.7. The Morgan fingerprint density at radius 1 is 1.45 bits per heavy atom. The van der Waals surface area contributed by atoms with Gasteiger partial charge in [-0.3, -0.25) is 4.79 Å². The highest BCUT2D eigenvalue weighted by Crippen LogP contribution is 2.42. The average Bonchev–Trinajstić information content (AvgIpc) is 2.92. The summed E-state index contributed by atoms with van der Waals surface area (Å²) in [5.41, 5.74) is 2.29. The molecule has 2 aliphatic heterocycles. The highest BCUT2D eigenvalue weighted by atomic mass is 32.2. The molecule has 0 bridgehead atoms. The van der Waals surface area contributed by atoms with Crippen LogP contribution in [0.1, 0.15) is 25.8 Å². The molecule has 2 unspecified atom stereocenters. The molecule has 0 saturated carbocycles. The highest BCUT2D eigenvalue weighted by Gasteiger charge is 2.38. The normalized spacial score (nSPS) is 24.0. The van der Waals surface area contributed by atoms with Crippen molar-refractivity contribution in [3.8, 4) is 6.07 Å². The molecule has 1 fully saturated rings. The van der Waals surface area contributed by atoms with E-state index in [0.29, 0.717) is 5.92 Å². The molecule has 0 spiro atoms. The number of nitrogens with one attached hydrogen (secondary N) is 1. The van der Waals surface area contributed by atoms with Gasteiger partial charge in [-0.15, -0.1) is 0 Å². The first-order chi connectivity index (χ1) is 10.6. The summed E-state index contributed by atoms with van der Waals surface area (Å²) in [4.78, 5) is 17.1. The van der Waals surface area contributed by atoms with E-state index in [1.165, 1.54) is 5.56 Å². The predicted molar refractivity (Wildman–Crippen MR) is 89.1 cm³/mol. The van der Waals surface area contributed by atoms with Crippen LogP contribution in [0.5, 0.6) is 0 Å². The second-order valence-electron chi connectivity index (χ2n) is 6.18. The molecule has 3 rings (SSSR count). The number of hydrogen-bond acceptors (Lipinski definition) is 4. The number of thioether (sulfide) groups is 1.